The first-order chi connectivity index (χ1) is 5.26. The number of hydrogen-bond donors (Lipinski definition) is 2. The fourth-order valence-electron chi connectivity index (χ4n) is 0.940. The average Bonchev–Trinajstić information content (AvgIpc) is 2.03. The summed E-state index contributed by atoms with van der Waals surface area (Å²) < 4.78 is 0. The highest BCUT2D eigenvalue weighted by atomic mass is 32.2. The Morgan fingerprint density at radius 2 is 2.18 bits per heavy atom. The fraction of sp³-hybridized carbons (Fsp3) is 1.00. The van der Waals surface area contributed by atoms with Crippen LogP contribution in [0.15, 0.2) is 0 Å². The van der Waals surface area contributed by atoms with Gasteiger partial charge in [0.25, 0.3) is 0 Å². The Labute approximate surface area is 73.8 Å². The number of rotatable bonds is 6. The van der Waals surface area contributed by atoms with Gasteiger partial charge in [0.15, 0.2) is 0 Å². The molecule has 11 heavy (non-hydrogen) atoms. The third kappa shape index (κ3) is 4.67. The molecule has 0 saturated carbocycles. The Balaban J connectivity index is 3.51. The maximum Gasteiger partial charge on any atom is 0.0564 e. The van der Waals surface area contributed by atoms with Crippen molar-refractivity contribution in [3.8, 4) is 0 Å². The van der Waals surface area contributed by atoms with Gasteiger partial charge >= 0.3 is 0 Å². The lowest BCUT2D eigenvalue weighted by Crippen LogP contribution is -2.37. The molecule has 2 N–H and O–H groups in total. The van der Waals surface area contributed by atoms with E-state index in [1.807, 2.05) is 6.26 Å². The van der Waals surface area contributed by atoms with E-state index in [1.54, 1.807) is 11.8 Å². The predicted molar refractivity (Wildman–Crippen MR) is 52.1 cm³/mol. The highest BCUT2D eigenvalue weighted by Gasteiger charge is 2.13. The number of thioether (sulfide) groups is 1. The maximum absolute atomic E-state index is 8.93. The van der Waals surface area contributed by atoms with E-state index in [2.05, 4.69) is 19.2 Å². The quantitative estimate of drug-likeness (QED) is 0.637. The molecule has 3 heteroatoms. The average molecular weight is 177 g/mol. The SMILES string of the molecule is CCCNC(C)C(CO)SC. The summed E-state index contributed by atoms with van der Waals surface area (Å²) in [6, 6.07) is 0.412. The molecule has 0 aromatic rings. The van der Waals surface area contributed by atoms with Crippen molar-refractivity contribution in [1.29, 1.82) is 0 Å². The molecule has 0 aromatic carbocycles. The van der Waals surface area contributed by atoms with E-state index in [9.17, 15) is 0 Å². The van der Waals surface area contributed by atoms with Crippen molar-refractivity contribution in [3.63, 3.8) is 0 Å². The minimum atomic E-state index is 0.263. The van der Waals surface area contributed by atoms with Crippen LogP contribution in [0.1, 0.15) is 20.3 Å². The third-order valence-electron chi connectivity index (χ3n) is 1.76. The minimum absolute atomic E-state index is 0.263. The van der Waals surface area contributed by atoms with Crippen molar-refractivity contribution in [1.82, 2.24) is 5.32 Å². The van der Waals surface area contributed by atoms with Gasteiger partial charge in [-0.05, 0) is 26.1 Å². The summed E-state index contributed by atoms with van der Waals surface area (Å²) in [7, 11) is 0. The Morgan fingerprint density at radius 3 is 2.55 bits per heavy atom. The molecule has 0 heterocycles. The lowest BCUT2D eigenvalue weighted by molar-refractivity contribution is 0.276. The van der Waals surface area contributed by atoms with Gasteiger partial charge in [-0.1, -0.05) is 6.92 Å². The number of aliphatic hydroxyl groups excluding tert-OH is 1. The third-order valence-corrected chi connectivity index (χ3v) is 2.92. The highest BCUT2D eigenvalue weighted by molar-refractivity contribution is 7.99. The molecule has 2 unspecified atom stereocenters. The second-order valence-electron chi connectivity index (χ2n) is 2.70. The van der Waals surface area contributed by atoms with E-state index in [-0.39, 0.29) is 6.61 Å². The first kappa shape index (κ1) is 11.3. The first-order valence-electron chi connectivity index (χ1n) is 4.13. The summed E-state index contributed by atoms with van der Waals surface area (Å²) in [6.45, 7) is 5.57. The van der Waals surface area contributed by atoms with Crippen molar-refractivity contribution in [2.24, 2.45) is 0 Å². The van der Waals surface area contributed by atoms with E-state index in [4.69, 9.17) is 5.11 Å². The summed E-state index contributed by atoms with van der Waals surface area (Å²) in [4.78, 5) is 0. The van der Waals surface area contributed by atoms with Crippen LogP contribution >= 0.6 is 11.8 Å². The van der Waals surface area contributed by atoms with E-state index in [0.29, 0.717) is 11.3 Å². The van der Waals surface area contributed by atoms with Crippen molar-refractivity contribution in [2.45, 2.75) is 31.6 Å². The molecule has 0 amide bonds. The van der Waals surface area contributed by atoms with Crippen LogP contribution in [-0.4, -0.2) is 35.8 Å². The molecule has 0 aliphatic carbocycles. The lowest BCUT2D eigenvalue weighted by Gasteiger charge is -2.20. The molecular weight excluding hydrogens is 158 g/mol. The molecule has 0 radical (unpaired) electrons. The minimum Gasteiger partial charge on any atom is -0.395 e. The number of hydrogen-bond acceptors (Lipinski definition) is 3. The Bertz CT molecular complexity index is 86.2. The topological polar surface area (TPSA) is 32.3 Å². The van der Waals surface area contributed by atoms with Crippen molar-refractivity contribution in [3.05, 3.63) is 0 Å². The van der Waals surface area contributed by atoms with Gasteiger partial charge in [-0.15, -0.1) is 0 Å². The second-order valence-corrected chi connectivity index (χ2v) is 3.78. The summed E-state index contributed by atoms with van der Waals surface area (Å²) in [6.07, 6.45) is 3.18. The monoisotopic (exact) mass is 177 g/mol. The molecule has 0 aliphatic heterocycles. The van der Waals surface area contributed by atoms with Gasteiger partial charge in [0.2, 0.25) is 0 Å². The summed E-state index contributed by atoms with van der Waals surface area (Å²) in [5, 5.41) is 12.6. The second kappa shape index (κ2) is 6.95. The zero-order valence-corrected chi connectivity index (χ0v) is 8.45. The van der Waals surface area contributed by atoms with Gasteiger partial charge < -0.3 is 10.4 Å². The zero-order valence-electron chi connectivity index (χ0n) is 7.63. The van der Waals surface area contributed by atoms with Gasteiger partial charge in [0.1, 0.15) is 0 Å². The molecule has 0 spiro atoms. The van der Waals surface area contributed by atoms with Gasteiger partial charge in [-0.25, -0.2) is 0 Å². The molecule has 0 rings (SSSR count). The van der Waals surface area contributed by atoms with Crippen LogP contribution < -0.4 is 5.32 Å². The summed E-state index contributed by atoms with van der Waals surface area (Å²) in [5.74, 6) is 0. The Morgan fingerprint density at radius 1 is 1.55 bits per heavy atom. The molecule has 0 bridgehead atoms. The smallest absolute Gasteiger partial charge is 0.0564 e. The molecule has 2 atom stereocenters. The van der Waals surface area contributed by atoms with Crippen LogP contribution in [0.5, 0.6) is 0 Å². The summed E-state index contributed by atoms with van der Waals surface area (Å²) >= 11 is 1.72. The first-order valence-corrected chi connectivity index (χ1v) is 5.42. The Hall–Kier alpha value is 0.270. The molecule has 68 valence electrons. The van der Waals surface area contributed by atoms with Gasteiger partial charge in [0, 0.05) is 11.3 Å². The van der Waals surface area contributed by atoms with Gasteiger partial charge in [-0.2, -0.15) is 11.8 Å². The highest BCUT2D eigenvalue weighted by Crippen LogP contribution is 2.09. The largest absolute Gasteiger partial charge is 0.395 e. The van der Waals surface area contributed by atoms with Crippen LogP contribution in [0, 0.1) is 0 Å². The standard InChI is InChI=1S/C8H19NOS/c1-4-5-9-7(2)8(6-10)11-3/h7-10H,4-6H2,1-3H3. The molecule has 0 aromatic heterocycles. The van der Waals surface area contributed by atoms with Crippen molar-refractivity contribution >= 4 is 11.8 Å². The van der Waals surface area contributed by atoms with Crippen molar-refractivity contribution < 1.29 is 5.11 Å². The normalized spacial score (nSPS) is 16.4. The zero-order chi connectivity index (χ0) is 8.69. The maximum atomic E-state index is 8.93. The van der Waals surface area contributed by atoms with Gasteiger partial charge in [0.05, 0.1) is 6.61 Å². The number of aliphatic hydroxyl groups is 1. The fourth-order valence-corrected chi connectivity index (χ4v) is 1.59. The molecule has 0 saturated heterocycles. The lowest BCUT2D eigenvalue weighted by atomic mass is 10.2. The molecule has 2 nitrogen and oxygen atoms in total. The van der Waals surface area contributed by atoms with Crippen LogP contribution in [0.2, 0.25) is 0 Å². The number of nitrogens with one attached hydrogen (secondary N) is 1. The van der Waals surface area contributed by atoms with E-state index in [1.165, 1.54) is 0 Å². The van der Waals surface area contributed by atoms with Crippen molar-refractivity contribution in [2.75, 3.05) is 19.4 Å². The summed E-state index contributed by atoms with van der Waals surface area (Å²) in [5.41, 5.74) is 0. The predicted octanol–water partition coefficient (Wildman–Crippen LogP) is 1.10. The van der Waals surface area contributed by atoms with Crippen LogP contribution in [0.3, 0.4) is 0 Å². The molecular formula is C8H19NOS. The van der Waals surface area contributed by atoms with E-state index < -0.39 is 0 Å². The van der Waals surface area contributed by atoms with E-state index in [0.717, 1.165) is 13.0 Å². The van der Waals surface area contributed by atoms with Crippen LogP contribution in [-0.2, 0) is 0 Å². The Kier molecular flexibility index (Phi) is 7.12. The molecule has 0 fully saturated rings. The van der Waals surface area contributed by atoms with Crippen LogP contribution in [0.25, 0.3) is 0 Å². The van der Waals surface area contributed by atoms with Crippen LogP contribution in [0.4, 0.5) is 0 Å². The van der Waals surface area contributed by atoms with E-state index >= 15 is 0 Å². The van der Waals surface area contributed by atoms with Gasteiger partial charge in [-0.3, -0.25) is 0 Å². The molecule has 0 aliphatic rings.